The number of carbonyl (C=O) groups excluding carboxylic acids is 1. The molecule has 1 aliphatic rings. The molecule has 1 saturated carbocycles. The summed E-state index contributed by atoms with van der Waals surface area (Å²) in [5.74, 6) is 0.744. The summed E-state index contributed by atoms with van der Waals surface area (Å²) in [5, 5.41) is 3.60. The molecule has 0 radical (unpaired) electrons. The number of rotatable bonds is 7. The van der Waals surface area contributed by atoms with E-state index in [1.165, 1.54) is 11.3 Å². The number of nitrogens with zero attached hydrogens (tertiary/aromatic N) is 1. The Kier molecular flexibility index (Phi) is 7.27. The van der Waals surface area contributed by atoms with Crippen molar-refractivity contribution in [1.29, 1.82) is 0 Å². The highest BCUT2D eigenvalue weighted by Gasteiger charge is 2.24. The highest BCUT2D eigenvalue weighted by Crippen LogP contribution is 2.38. The molecular formula is C23H24BrN3O3S2. The van der Waals surface area contributed by atoms with Gasteiger partial charge in [0, 0.05) is 10.4 Å². The first-order valence-corrected chi connectivity index (χ1v) is 13.1. The molecule has 1 heterocycles. The van der Waals surface area contributed by atoms with Gasteiger partial charge in [0.25, 0.3) is 0 Å². The van der Waals surface area contributed by atoms with Crippen LogP contribution in [0.1, 0.15) is 31.4 Å². The second-order valence-electron chi connectivity index (χ2n) is 7.64. The Morgan fingerprint density at radius 3 is 2.59 bits per heavy atom. The van der Waals surface area contributed by atoms with Gasteiger partial charge in [-0.25, -0.2) is 9.19 Å². The largest absolute Gasteiger partial charge is 0.495 e. The maximum Gasteiger partial charge on any atom is 0.229 e. The smallest absolute Gasteiger partial charge is 0.229 e. The number of hydrogen-bond acceptors (Lipinski definition) is 5. The van der Waals surface area contributed by atoms with Gasteiger partial charge in [-0.15, -0.1) is 0 Å². The van der Waals surface area contributed by atoms with Crippen molar-refractivity contribution in [2.75, 3.05) is 17.1 Å². The number of thiazole rings is 1. The van der Waals surface area contributed by atoms with Gasteiger partial charge in [0.05, 0.1) is 28.3 Å². The molecule has 2 N–H and O–H groups in total. The van der Waals surface area contributed by atoms with Crippen LogP contribution >= 0.6 is 27.3 Å². The van der Waals surface area contributed by atoms with Gasteiger partial charge in [-0.2, -0.15) is 0 Å². The Bertz CT molecular complexity index is 1140. The maximum atomic E-state index is 12.8. The van der Waals surface area contributed by atoms with Crippen LogP contribution in [0.4, 0.5) is 10.8 Å². The monoisotopic (exact) mass is 533 g/mol. The number of ether oxygens (including phenoxy) is 1. The molecule has 0 saturated heterocycles. The normalized spacial score (nSPS) is 14.8. The topological polar surface area (TPSA) is 80.3 Å². The van der Waals surface area contributed by atoms with Crippen LogP contribution in [0.25, 0.3) is 10.4 Å². The van der Waals surface area contributed by atoms with Crippen molar-refractivity contribution in [2.24, 2.45) is 5.92 Å². The fourth-order valence-corrected chi connectivity index (χ4v) is 5.85. The zero-order chi connectivity index (χ0) is 22.7. The van der Waals surface area contributed by atoms with Crippen molar-refractivity contribution in [1.82, 2.24) is 4.98 Å². The molecule has 0 spiro atoms. The third-order valence-corrected chi connectivity index (χ3v) is 8.20. The highest BCUT2D eigenvalue weighted by atomic mass is 79.9. The Hall–Kier alpha value is -2.23. The van der Waals surface area contributed by atoms with Crippen molar-refractivity contribution in [3.63, 3.8) is 0 Å². The van der Waals surface area contributed by atoms with E-state index in [9.17, 15) is 9.00 Å². The quantitative estimate of drug-likeness (QED) is 0.381. The minimum atomic E-state index is -1.45. The van der Waals surface area contributed by atoms with Crippen LogP contribution in [0.2, 0.25) is 0 Å². The number of aromatic nitrogens is 1. The molecule has 1 fully saturated rings. The fraction of sp³-hybridized carbons (Fsp3) is 0.304. The van der Waals surface area contributed by atoms with E-state index in [4.69, 9.17) is 4.74 Å². The van der Waals surface area contributed by atoms with E-state index >= 15 is 0 Å². The molecule has 1 atom stereocenters. The lowest BCUT2D eigenvalue weighted by atomic mass is 10.1. The van der Waals surface area contributed by atoms with E-state index in [0.717, 1.165) is 46.3 Å². The minimum Gasteiger partial charge on any atom is -0.495 e. The van der Waals surface area contributed by atoms with Crippen LogP contribution in [0.5, 0.6) is 5.75 Å². The zero-order valence-electron chi connectivity index (χ0n) is 17.8. The predicted octanol–water partition coefficient (Wildman–Crippen LogP) is 6.15. The van der Waals surface area contributed by atoms with Gasteiger partial charge in [0.15, 0.2) is 5.13 Å². The van der Waals surface area contributed by atoms with E-state index in [-0.39, 0.29) is 11.8 Å². The lowest BCUT2D eigenvalue weighted by molar-refractivity contribution is -0.119. The van der Waals surface area contributed by atoms with Crippen molar-refractivity contribution in [2.45, 2.75) is 37.5 Å². The molecule has 1 unspecified atom stereocenters. The molecule has 32 heavy (non-hydrogen) atoms. The average Bonchev–Trinajstić information content (AvgIpc) is 3.44. The second kappa shape index (κ2) is 10.1. The van der Waals surface area contributed by atoms with Crippen LogP contribution in [0.3, 0.4) is 0 Å². The summed E-state index contributed by atoms with van der Waals surface area (Å²) in [7, 11) is 0.132. The van der Waals surface area contributed by atoms with Crippen LogP contribution in [-0.2, 0) is 15.8 Å². The number of amides is 1. The zero-order valence-corrected chi connectivity index (χ0v) is 21.0. The number of hydrogen-bond donors (Lipinski definition) is 2. The molecular weight excluding hydrogens is 510 g/mol. The van der Waals surface area contributed by atoms with Crippen LogP contribution in [0.15, 0.2) is 51.8 Å². The molecule has 2 aromatic carbocycles. The number of carbonyl (C=O) groups is 1. The summed E-state index contributed by atoms with van der Waals surface area (Å²) >= 11 is 4.84. The Labute approximate surface area is 202 Å². The standard InChI is InChI=1S/C23H24BrN3O3S2/c1-14-21(31-23(25-14)26-22(28)15-5-3-4-6-15)16-7-12-20(30-2)19(13-16)27-32(29)18-10-8-17(24)9-11-18/h7-13,15,27H,3-6H2,1-2H3,(H,25,26,28). The molecule has 0 aliphatic heterocycles. The van der Waals surface area contributed by atoms with Gasteiger partial charge in [0.2, 0.25) is 5.91 Å². The van der Waals surface area contributed by atoms with Crippen LogP contribution in [-0.4, -0.2) is 22.2 Å². The van der Waals surface area contributed by atoms with Gasteiger partial charge < -0.3 is 10.1 Å². The van der Waals surface area contributed by atoms with Crippen LogP contribution < -0.4 is 14.8 Å². The van der Waals surface area contributed by atoms with E-state index < -0.39 is 11.0 Å². The number of benzene rings is 2. The summed E-state index contributed by atoms with van der Waals surface area (Å²) in [6, 6.07) is 13.0. The molecule has 4 rings (SSSR count). The summed E-state index contributed by atoms with van der Waals surface area (Å²) in [4.78, 5) is 18.6. The first-order chi connectivity index (χ1) is 15.4. The Balaban J connectivity index is 1.56. The number of halogens is 1. The predicted molar refractivity (Wildman–Crippen MR) is 134 cm³/mol. The summed E-state index contributed by atoms with van der Waals surface area (Å²) < 4.78 is 22.3. The van der Waals surface area contributed by atoms with Gasteiger partial charge in [-0.3, -0.25) is 9.52 Å². The molecule has 168 valence electrons. The van der Waals surface area contributed by atoms with Crippen molar-refractivity contribution in [3.05, 3.63) is 52.6 Å². The van der Waals surface area contributed by atoms with E-state index in [0.29, 0.717) is 21.5 Å². The van der Waals surface area contributed by atoms with Crippen molar-refractivity contribution in [3.8, 4) is 16.2 Å². The van der Waals surface area contributed by atoms with E-state index in [1.54, 1.807) is 19.2 Å². The maximum absolute atomic E-state index is 12.8. The first-order valence-electron chi connectivity index (χ1n) is 10.4. The first kappa shape index (κ1) is 22.9. The van der Waals surface area contributed by atoms with Gasteiger partial charge in [0.1, 0.15) is 16.7 Å². The SMILES string of the molecule is COc1ccc(-c2sc(NC(=O)C3CCCC3)nc2C)cc1NS(=O)c1ccc(Br)cc1. The highest BCUT2D eigenvalue weighted by molar-refractivity contribution is 9.10. The van der Waals surface area contributed by atoms with Gasteiger partial charge >= 0.3 is 0 Å². The minimum absolute atomic E-state index is 0.0600. The number of aryl methyl sites for hydroxylation is 1. The lowest BCUT2D eigenvalue weighted by Gasteiger charge is -2.12. The number of methoxy groups -OCH3 is 1. The van der Waals surface area contributed by atoms with E-state index in [1.807, 2.05) is 37.3 Å². The molecule has 1 aliphatic carbocycles. The van der Waals surface area contributed by atoms with Crippen molar-refractivity contribution < 1.29 is 13.7 Å². The molecule has 1 amide bonds. The Morgan fingerprint density at radius 2 is 1.91 bits per heavy atom. The number of nitrogens with one attached hydrogen (secondary N) is 2. The molecule has 0 bridgehead atoms. The van der Waals surface area contributed by atoms with Crippen LogP contribution in [0, 0.1) is 12.8 Å². The number of anilines is 2. The van der Waals surface area contributed by atoms with Gasteiger partial charge in [-0.1, -0.05) is 40.1 Å². The fourth-order valence-electron chi connectivity index (χ4n) is 3.76. The van der Waals surface area contributed by atoms with E-state index in [2.05, 4.69) is 31.0 Å². The van der Waals surface area contributed by atoms with Crippen molar-refractivity contribution >= 4 is 55.0 Å². The molecule has 3 aromatic rings. The lowest BCUT2D eigenvalue weighted by Crippen LogP contribution is -2.20. The summed E-state index contributed by atoms with van der Waals surface area (Å²) in [6.07, 6.45) is 4.13. The average molecular weight is 535 g/mol. The Morgan fingerprint density at radius 1 is 1.19 bits per heavy atom. The molecule has 1 aromatic heterocycles. The third-order valence-electron chi connectivity index (χ3n) is 5.44. The second-order valence-corrected chi connectivity index (χ2v) is 10.8. The molecule has 6 nitrogen and oxygen atoms in total. The van der Waals surface area contributed by atoms with Gasteiger partial charge in [-0.05, 0) is 67.8 Å². The molecule has 9 heteroatoms. The summed E-state index contributed by atoms with van der Waals surface area (Å²) in [5.41, 5.74) is 2.37. The summed E-state index contributed by atoms with van der Waals surface area (Å²) in [6.45, 7) is 1.92. The third kappa shape index (κ3) is 5.22.